The van der Waals surface area contributed by atoms with Crippen molar-refractivity contribution in [2.24, 2.45) is 14.1 Å². The van der Waals surface area contributed by atoms with Gasteiger partial charge in [-0.2, -0.15) is 0 Å². The molecule has 0 amide bonds. The Kier molecular flexibility index (Phi) is 4.96. The van der Waals surface area contributed by atoms with E-state index in [9.17, 15) is 9.46 Å². The van der Waals surface area contributed by atoms with E-state index in [0.717, 1.165) is 5.82 Å². The predicted molar refractivity (Wildman–Crippen MR) is 107 cm³/mol. The third kappa shape index (κ3) is 3.94. The molecule has 0 radical (unpaired) electrons. The molecule has 0 aliphatic rings. The zero-order valence-electron chi connectivity index (χ0n) is 15.9. The van der Waals surface area contributed by atoms with E-state index in [-0.39, 0.29) is 11.5 Å². The lowest BCUT2D eigenvalue weighted by Gasteiger charge is -2.17. The highest BCUT2D eigenvalue weighted by Crippen LogP contribution is 2.48. The number of nitrogens with zero attached hydrogens (tertiary/aromatic N) is 3. The number of hydrogen-bond donors (Lipinski definition) is 2. The Hall–Kier alpha value is -3.35. The van der Waals surface area contributed by atoms with Crippen LogP contribution in [0.4, 0.5) is 0 Å². The van der Waals surface area contributed by atoms with Crippen LogP contribution in [-0.4, -0.2) is 19.4 Å². The molecule has 9 heteroatoms. The van der Waals surface area contributed by atoms with Crippen molar-refractivity contribution in [3.05, 3.63) is 73.3 Å². The van der Waals surface area contributed by atoms with E-state index >= 15 is 0 Å². The summed E-state index contributed by atoms with van der Waals surface area (Å²) < 4.78 is 27.4. The monoisotopic (exact) mass is 411 g/mol. The first kappa shape index (κ1) is 19.0. The van der Waals surface area contributed by atoms with Crippen LogP contribution in [0.3, 0.4) is 0 Å². The molecule has 0 saturated carbocycles. The first-order valence-corrected chi connectivity index (χ1v) is 10.4. The Balaban J connectivity index is 1.65. The van der Waals surface area contributed by atoms with E-state index in [1.807, 2.05) is 30.9 Å². The smallest absolute Gasteiger partial charge is 0.394 e. The summed E-state index contributed by atoms with van der Waals surface area (Å²) in [6.07, 6.45) is 7.04. The number of aromatic amines is 1. The van der Waals surface area contributed by atoms with Gasteiger partial charge in [0.15, 0.2) is 0 Å². The molecule has 0 bridgehead atoms. The van der Waals surface area contributed by atoms with Crippen molar-refractivity contribution < 1.29 is 23.1 Å². The van der Waals surface area contributed by atoms with Crippen molar-refractivity contribution in [1.29, 1.82) is 0 Å². The highest BCUT2D eigenvalue weighted by atomic mass is 31.2. The van der Waals surface area contributed by atoms with Crippen molar-refractivity contribution in [1.82, 2.24) is 14.5 Å². The van der Waals surface area contributed by atoms with Crippen LogP contribution in [0.1, 0.15) is 0 Å². The van der Waals surface area contributed by atoms with Gasteiger partial charge in [-0.05, 0) is 24.3 Å². The average Bonchev–Trinajstić information content (AvgIpc) is 3.30. The van der Waals surface area contributed by atoms with E-state index < -0.39 is 7.82 Å². The number of para-hydroxylation sites is 2. The number of aryl methyl sites for hydroxylation is 2. The maximum Gasteiger partial charge on any atom is 0.584 e. The van der Waals surface area contributed by atoms with Gasteiger partial charge in [0, 0.05) is 19.4 Å². The Morgan fingerprint density at radius 2 is 1.69 bits per heavy atom. The number of nitrogens with one attached hydrogen (secondary N) is 1. The molecule has 2 N–H and O–H groups in total. The molecular formula is C20H20N4O4P+. The number of imidazole rings is 2. The zero-order chi connectivity index (χ0) is 20.4. The minimum Gasteiger partial charge on any atom is -0.394 e. The Morgan fingerprint density at radius 3 is 2.28 bits per heavy atom. The molecule has 2 aromatic carbocycles. The number of H-pyrrole nitrogens is 1. The second kappa shape index (κ2) is 7.58. The summed E-state index contributed by atoms with van der Waals surface area (Å²) in [4.78, 5) is 17.8. The highest BCUT2D eigenvalue weighted by Gasteiger charge is 2.29. The summed E-state index contributed by atoms with van der Waals surface area (Å²) in [5, 5.41) is 0. The van der Waals surface area contributed by atoms with Gasteiger partial charge in [-0.3, -0.25) is 4.89 Å². The summed E-state index contributed by atoms with van der Waals surface area (Å²) in [6, 6.07) is 13.9. The fourth-order valence-corrected chi connectivity index (χ4v) is 3.89. The molecule has 0 aliphatic carbocycles. The number of phosphoric ester groups is 1. The number of phosphoric acid groups is 1. The summed E-state index contributed by atoms with van der Waals surface area (Å²) in [7, 11) is -0.788. The van der Waals surface area contributed by atoms with E-state index in [1.165, 1.54) is 0 Å². The molecular weight excluding hydrogens is 391 g/mol. The maximum absolute atomic E-state index is 12.8. The highest BCUT2D eigenvalue weighted by molar-refractivity contribution is 7.48. The molecule has 2 aromatic heterocycles. The van der Waals surface area contributed by atoms with Gasteiger partial charge in [-0.25, -0.2) is 19.1 Å². The number of hydrogen-bond acceptors (Lipinski definition) is 4. The molecule has 29 heavy (non-hydrogen) atoms. The predicted octanol–water partition coefficient (Wildman–Crippen LogP) is 3.46. The first-order chi connectivity index (χ1) is 13.9. The third-order valence-corrected chi connectivity index (χ3v) is 5.24. The van der Waals surface area contributed by atoms with E-state index in [1.54, 1.807) is 65.6 Å². The van der Waals surface area contributed by atoms with Crippen LogP contribution in [0.2, 0.25) is 0 Å². The van der Waals surface area contributed by atoms with E-state index in [0.29, 0.717) is 17.0 Å². The van der Waals surface area contributed by atoms with Gasteiger partial charge in [0.05, 0.1) is 12.6 Å². The lowest BCUT2D eigenvalue weighted by molar-refractivity contribution is -0.658. The summed E-state index contributed by atoms with van der Waals surface area (Å²) in [6.45, 7) is 0. The Labute approximate surface area is 167 Å². The van der Waals surface area contributed by atoms with Crippen LogP contribution in [0, 0.1) is 0 Å². The third-order valence-electron chi connectivity index (χ3n) is 4.39. The van der Waals surface area contributed by atoms with Gasteiger partial charge < -0.3 is 13.6 Å². The SMILES string of the molecule is Cn1ccnc1-c1ccccc1OP(=O)(O)Oc1ccccc1-c1[nH]cc[n+]1C. The Morgan fingerprint density at radius 1 is 1.07 bits per heavy atom. The summed E-state index contributed by atoms with van der Waals surface area (Å²) in [5.41, 5.74) is 1.22. The molecule has 1 unspecified atom stereocenters. The standard InChI is InChI=1S/C20H19N4O4P/c1-23-13-11-21-19(23)15-7-3-5-9-17(15)27-29(25,26)28-18-10-6-4-8-16(18)20-22-12-14-24(20)2/h3-14H,1-2H3,(H,25,26)/p+1. The summed E-state index contributed by atoms with van der Waals surface area (Å²) >= 11 is 0. The quantitative estimate of drug-likeness (QED) is 0.374. The molecule has 1 atom stereocenters. The van der Waals surface area contributed by atoms with Gasteiger partial charge in [0.1, 0.15) is 35.3 Å². The number of rotatable bonds is 6. The van der Waals surface area contributed by atoms with Crippen LogP contribution in [0.5, 0.6) is 11.5 Å². The minimum absolute atomic E-state index is 0.204. The molecule has 2 heterocycles. The van der Waals surface area contributed by atoms with E-state index in [2.05, 4.69) is 9.97 Å². The zero-order valence-corrected chi connectivity index (χ0v) is 16.8. The van der Waals surface area contributed by atoms with Gasteiger partial charge in [0.25, 0.3) is 5.82 Å². The van der Waals surface area contributed by atoms with Crippen LogP contribution in [-0.2, 0) is 18.7 Å². The lowest BCUT2D eigenvalue weighted by atomic mass is 10.2. The van der Waals surface area contributed by atoms with Crippen LogP contribution in [0.25, 0.3) is 22.8 Å². The summed E-state index contributed by atoms with van der Waals surface area (Å²) in [5.74, 6) is 1.77. The molecule has 0 saturated heterocycles. The fourth-order valence-electron chi connectivity index (χ4n) is 3.04. The largest absolute Gasteiger partial charge is 0.584 e. The second-order valence-corrected chi connectivity index (χ2v) is 7.73. The topological polar surface area (TPSA) is 93.2 Å². The maximum atomic E-state index is 12.8. The average molecular weight is 411 g/mol. The van der Waals surface area contributed by atoms with Gasteiger partial charge in [0.2, 0.25) is 0 Å². The molecule has 4 rings (SSSR count). The normalized spacial score (nSPS) is 13.1. The van der Waals surface area contributed by atoms with Crippen molar-refractivity contribution in [2.75, 3.05) is 0 Å². The second-order valence-electron chi connectivity index (χ2n) is 6.42. The molecule has 8 nitrogen and oxygen atoms in total. The fraction of sp³-hybridized carbons (Fsp3) is 0.100. The van der Waals surface area contributed by atoms with Crippen LogP contribution >= 0.6 is 7.82 Å². The van der Waals surface area contributed by atoms with Crippen molar-refractivity contribution in [3.8, 4) is 34.3 Å². The van der Waals surface area contributed by atoms with Gasteiger partial charge in [-0.15, -0.1) is 0 Å². The molecule has 148 valence electrons. The van der Waals surface area contributed by atoms with Gasteiger partial charge in [-0.1, -0.05) is 24.3 Å². The number of benzene rings is 2. The Bertz CT molecular complexity index is 1110. The first-order valence-electron chi connectivity index (χ1n) is 8.86. The molecule has 4 aromatic rings. The van der Waals surface area contributed by atoms with Crippen molar-refractivity contribution in [2.45, 2.75) is 0 Å². The molecule has 0 spiro atoms. The lowest BCUT2D eigenvalue weighted by Crippen LogP contribution is -2.27. The van der Waals surface area contributed by atoms with Crippen molar-refractivity contribution >= 4 is 7.82 Å². The molecule has 0 fully saturated rings. The number of aromatic nitrogens is 4. The van der Waals surface area contributed by atoms with Crippen molar-refractivity contribution in [3.63, 3.8) is 0 Å². The van der Waals surface area contributed by atoms with Crippen LogP contribution in [0.15, 0.2) is 73.3 Å². The van der Waals surface area contributed by atoms with Gasteiger partial charge >= 0.3 is 7.82 Å². The minimum atomic E-state index is -4.48. The van der Waals surface area contributed by atoms with Crippen LogP contribution < -0.4 is 13.6 Å². The molecule has 0 aliphatic heterocycles. The van der Waals surface area contributed by atoms with E-state index in [4.69, 9.17) is 9.05 Å².